The molecule has 2 saturated heterocycles. The molecule has 1 saturated carbocycles. The zero-order valence-corrected chi connectivity index (χ0v) is 12.9. The smallest absolute Gasteiger partial charge is 0.410 e. The van der Waals surface area contributed by atoms with E-state index in [0.29, 0.717) is 25.2 Å². The number of hydrogen-bond donors (Lipinski definition) is 1. The van der Waals surface area contributed by atoms with E-state index in [0.717, 1.165) is 18.9 Å². The zero-order valence-electron chi connectivity index (χ0n) is 12.9. The summed E-state index contributed by atoms with van der Waals surface area (Å²) in [4.78, 5) is 13.7. The Labute approximate surface area is 121 Å². The molecule has 2 aliphatic heterocycles. The predicted molar refractivity (Wildman–Crippen MR) is 75.6 cm³/mol. The molecule has 5 nitrogen and oxygen atoms in total. The molecule has 0 aromatic rings. The molecule has 0 bridgehead atoms. The molecule has 20 heavy (non-hydrogen) atoms. The Morgan fingerprint density at radius 3 is 2.60 bits per heavy atom. The Morgan fingerprint density at radius 2 is 2.05 bits per heavy atom. The fourth-order valence-corrected chi connectivity index (χ4v) is 3.13. The third kappa shape index (κ3) is 2.93. The molecule has 114 valence electrons. The van der Waals surface area contributed by atoms with Crippen LogP contribution in [0.3, 0.4) is 0 Å². The molecule has 1 N–H and O–H groups in total. The van der Waals surface area contributed by atoms with Gasteiger partial charge in [0.2, 0.25) is 0 Å². The molecule has 1 spiro atoms. The van der Waals surface area contributed by atoms with Crippen molar-refractivity contribution in [3.63, 3.8) is 0 Å². The van der Waals surface area contributed by atoms with Crippen LogP contribution in [0.5, 0.6) is 0 Å². The molecular formula is C15H26N2O3. The summed E-state index contributed by atoms with van der Waals surface area (Å²) in [7, 11) is 0. The summed E-state index contributed by atoms with van der Waals surface area (Å²) in [5, 5.41) is 3.65. The van der Waals surface area contributed by atoms with Crippen molar-refractivity contribution in [3.8, 4) is 0 Å². The molecular weight excluding hydrogens is 256 g/mol. The molecule has 3 rings (SSSR count). The predicted octanol–water partition coefficient (Wildman–Crippen LogP) is 1.76. The van der Waals surface area contributed by atoms with Gasteiger partial charge in [0.15, 0.2) is 0 Å². The van der Waals surface area contributed by atoms with E-state index in [4.69, 9.17) is 9.47 Å². The Morgan fingerprint density at radius 1 is 1.40 bits per heavy atom. The van der Waals surface area contributed by atoms with Crippen LogP contribution in [-0.2, 0) is 9.47 Å². The van der Waals surface area contributed by atoms with E-state index in [-0.39, 0.29) is 11.7 Å². The van der Waals surface area contributed by atoms with Crippen molar-refractivity contribution in [2.45, 2.75) is 63.8 Å². The van der Waals surface area contributed by atoms with Crippen LogP contribution < -0.4 is 5.32 Å². The van der Waals surface area contributed by atoms with Gasteiger partial charge in [0, 0.05) is 12.1 Å². The van der Waals surface area contributed by atoms with Crippen LogP contribution in [-0.4, -0.2) is 54.0 Å². The van der Waals surface area contributed by atoms with Crippen molar-refractivity contribution in [3.05, 3.63) is 0 Å². The van der Waals surface area contributed by atoms with E-state index in [2.05, 4.69) is 12.2 Å². The number of ether oxygens (including phenoxy) is 2. The van der Waals surface area contributed by atoms with E-state index in [1.54, 1.807) is 4.90 Å². The molecule has 1 aliphatic carbocycles. The van der Waals surface area contributed by atoms with Gasteiger partial charge in [-0.1, -0.05) is 6.92 Å². The van der Waals surface area contributed by atoms with E-state index in [1.165, 1.54) is 6.42 Å². The first-order valence-corrected chi connectivity index (χ1v) is 7.64. The minimum Gasteiger partial charge on any atom is -0.444 e. The van der Waals surface area contributed by atoms with Gasteiger partial charge in [-0.25, -0.2) is 4.79 Å². The lowest BCUT2D eigenvalue weighted by atomic mass is 9.90. The number of amides is 1. The van der Waals surface area contributed by atoms with Crippen LogP contribution in [0, 0.1) is 5.92 Å². The molecule has 5 heteroatoms. The van der Waals surface area contributed by atoms with E-state index in [1.807, 2.05) is 20.8 Å². The lowest BCUT2D eigenvalue weighted by molar-refractivity contribution is -0.109. The number of carbonyl (C=O) groups excluding carboxylic acids is 1. The van der Waals surface area contributed by atoms with Crippen molar-refractivity contribution >= 4 is 6.09 Å². The summed E-state index contributed by atoms with van der Waals surface area (Å²) in [5.74, 6) is 0.811. The largest absolute Gasteiger partial charge is 0.444 e. The molecule has 3 fully saturated rings. The highest BCUT2D eigenvalue weighted by Crippen LogP contribution is 2.38. The maximum atomic E-state index is 11.9. The second-order valence-electron chi connectivity index (χ2n) is 7.72. The summed E-state index contributed by atoms with van der Waals surface area (Å²) in [6, 6.07) is 1.13. The fourth-order valence-electron chi connectivity index (χ4n) is 3.13. The molecule has 1 amide bonds. The van der Waals surface area contributed by atoms with Gasteiger partial charge in [-0.2, -0.15) is 0 Å². The molecule has 0 radical (unpaired) electrons. The third-order valence-corrected chi connectivity index (χ3v) is 4.38. The average molecular weight is 282 g/mol. The minimum absolute atomic E-state index is 0.118. The van der Waals surface area contributed by atoms with Crippen molar-refractivity contribution in [2.75, 3.05) is 19.7 Å². The van der Waals surface area contributed by atoms with Gasteiger partial charge in [-0.05, 0) is 39.5 Å². The van der Waals surface area contributed by atoms with Gasteiger partial charge >= 0.3 is 6.09 Å². The second-order valence-corrected chi connectivity index (χ2v) is 7.72. The molecule has 1 unspecified atom stereocenters. The first kappa shape index (κ1) is 14.1. The molecule has 3 aliphatic rings. The topological polar surface area (TPSA) is 50.8 Å². The molecule has 3 atom stereocenters. The van der Waals surface area contributed by atoms with E-state index in [9.17, 15) is 4.79 Å². The average Bonchev–Trinajstić information content (AvgIpc) is 2.79. The Kier molecular flexibility index (Phi) is 3.25. The summed E-state index contributed by atoms with van der Waals surface area (Å²) >= 11 is 0. The van der Waals surface area contributed by atoms with Crippen molar-refractivity contribution in [2.24, 2.45) is 5.92 Å². The molecule has 0 aromatic carbocycles. The van der Waals surface area contributed by atoms with Gasteiger partial charge in [0.1, 0.15) is 11.2 Å². The van der Waals surface area contributed by atoms with Crippen LogP contribution in [0.25, 0.3) is 0 Å². The van der Waals surface area contributed by atoms with Gasteiger partial charge in [-0.15, -0.1) is 0 Å². The minimum atomic E-state index is -0.428. The quantitative estimate of drug-likeness (QED) is 0.838. The maximum absolute atomic E-state index is 11.9. The monoisotopic (exact) mass is 282 g/mol. The lowest BCUT2D eigenvalue weighted by Crippen LogP contribution is -2.64. The van der Waals surface area contributed by atoms with Gasteiger partial charge in [-0.3, -0.25) is 0 Å². The standard InChI is InChI=1S/C15H26N2O3/c1-10-5-12(10)16-11-6-15(19-7-11)8-17(9-15)13(18)20-14(2,3)4/h10-12,16H,5-9H2,1-4H3/t10-,11?,12-/m1/s1. The maximum Gasteiger partial charge on any atom is 0.410 e. The first-order chi connectivity index (χ1) is 9.26. The first-order valence-electron chi connectivity index (χ1n) is 7.64. The summed E-state index contributed by atoms with van der Waals surface area (Å²) in [5.41, 5.74) is -0.546. The Hall–Kier alpha value is -0.810. The second kappa shape index (κ2) is 4.60. The van der Waals surface area contributed by atoms with Crippen LogP contribution in [0.1, 0.15) is 40.5 Å². The van der Waals surface area contributed by atoms with Crippen molar-refractivity contribution in [1.29, 1.82) is 0 Å². The van der Waals surface area contributed by atoms with Crippen molar-refractivity contribution < 1.29 is 14.3 Å². The third-order valence-electron chi connectivity index (χ3n) is 4.38. The fraction of sp³-hybridized carbons (Fsp3) is 0.933. The number of carbonyl (C=O) groups is 1. The lowest BCUT2D eigenvalue weighted by Gasteiger charge is -2.46. The van der Waals surface area contributed by atoms with Gasteiger partial charge in [0.05, 0.1) is 19.7 Å². The van der Waals surface area contributed by atoms with Crippen LogP contribution >= 0.6 is 0 Å². The number of nitrogens with zero attached hydrogens (tertiary/aromatic N) is 1. The number of rotatable bonds is 2. The van der Waals surface area contributed by atoms with Crippen LogP contribution in [0.4, 0.5) is 4.79 Å². The highest BCUT2D eigenvalue weighted by molar-refractivity contribution is 5.69. The number of nitrogens with one attached hydrogen (secondary N) is 1. The normalized spacial score (nSPS) is 35.0. The van der Waals surface area contributed by atoms with E-state index >= 15 is 0 Å². The highest BCUT2D eigenvalue weighted by Gasteiger charge is 2.53. The number of hydrogen-bond acceptors (Lipinski definition) is 4. The van der Waals surface area contributed by atoms with Gasteiger partial charge < -0.3 is 19.7 Å². The molecule has 2 heterocycles. The Bertz CT molecular complexity index is 398. The SMILES string of the molecule is C[C@@H]1C[C@H]1NC1COC2(C1)CN(C(=O)OC(C)(C)C)C2. The van der Waals surface area contributed by atoms with Gasteiger partial charge in [0.25, 0.3) is 0 Å². The summed E-state index contributed by atoms with van der Waals surface area (Å²) < 4.78 is 11.3. The summed E-state index contributed by atoms with van der Waals surface area (Å²) in [6.07, 6.45) is 2.07. The van der Waals surface area contributed by atoms with Crippen LogP contribution in [0.15, 0.2) is 0 Å². The summed E-state index contributed by atoms with van der Waals surface area (Å²) in [6.45, 7) is 10.1. The zero-order chi connectivity index (χ0) is 14.5. The van der Waals surface area contributed by atoms with Crippen LogP contribution in [0.2, 0.25) is 0 Å². The number of likely N-dealkylation sites (tertiary alicyclic amines) is 1. The Balaban J connectivity index is 1.44. The molecule has 0 aromatic heterocycles. The van der Waals surface area contributed by atoms with E-state index < -0.39 is 5.60 Å². The van der Waals surface area contributed by atoms with Crippen molar-refractivity contribution in [1.82, 2.24) is 10.2 Å². The highest BCUT2D eigenvalue weighted by atomic mass is 16.6.